The Bertz CT molecular complexity index is 525. The quantitative estimate of drug-likeness (QED) is 0.874. The van der Waals surface area contributed by atoms with Crippen molar-refractivity contribution < 1.29 is 4.79 Å². The molecular formula is C16H24BrN3O. The highest BCUT2D eigenvalue weighted by Crippen LogP contribution is 2.29. The highest BCUT2D eigenvalue weighted by molar-refractivity contribution is 9.10. The maximum atomic E-state index is 11.4. The van der Waals surface area contributed by atoms with Crippen molar-refractivity contribution in [3.63, 3.8) is 0 Å². The third-order valence-corrected chi connectivity index (χ3v) is 4.28. The minimum Gasteiger partial charge on any atom is -0.370 e. The lowest BCUT2D eigenvalue weighted by atomic mass is 10.1. The molecule has 1 aromatic carbocycles. The van der Waals surface area contributed by atoms with E-state index in [-0.39, 0.29) is 17.4 Å². The van der Waals surface area contributed by atoms with E-state index in [2.05, 4.69) is 59.1 Å². The van der Waals surface area contributed by atoms with Gasteiger partial charge in [0.2, 0.25) is 5.91 Å². The summed E-state index contributed by atoms with van der Waals surface area (Å²) in [7, 11) is 0. The molecule has 1 heterocycles. The number of amides is 1. The van der Waals surface area contributed by atoms with Gasteiger partial charge in [-0.2, -0.15) is 0 Å². The lowest BCUT2D eigenvalue weighted by molar-refractivity contribution is -0.121. The molecule has 5 heteroatoms. The fourth-order valence-electron chi connectivity index (χ4n) is 2.58. The molecule has 116 valence electrons. The number of nitrogens with two attached hydrogens (primary N) is 1. The number of benzene rings is 1. The highest BCUT2D eigenvalue weighted by Gasteiger charge is 2.28. The molecule has 0 aliphatic carbocycles. The lowest BCUT2D eigenvalue weighted by Gasteiger charge is -2.25. The van der Waals surface area contributed by atoms with Crippen molar-refractivity contribution in [3.05, 3.63) is 28.2 Å². The molecule has 4 nitrogen and oxygen atoms in total. The minimum atomic E-state index is -0.191. The van der Waals surface area contributed by atoms with Gasteiger partial charge in [-0.05, 0) is 51.0 Å². The van der Waals surface area contributed by atoms with Crippen molar-refractivity contribution in [3.8, 4) is 0 Å². The Morgan fingerprint density at radius 3 is 2.76 bits per heavy atom. The summed E-state index contributed by atoms with van der Waals surface area (Å²) in [6.45, 7) is 8.88. The van der Waals surface area contributed by atoms with Crippen LogP contribution in [-0.4, -0.2) is 24.5 Å². The maximum absolute atomic E-state index is 11.4. The second-order valence-electron chi connectivity index (χ2n) is 6.71. The van der Waals surface area contributed by atoms with E-state index >= 15 is 0 Å². The van der Waals surface area contributed by atoms with Gasteiger partial charge in [0.1, 0.15) is 0 Å². The number of halogens is 1. The number of primary amides is 1. The Hall–Kier alpha value is -1.07. The summed E-state index contributed by atoms with van der Waals surface area (Å²) in [5, 5.41) is 3.52. The van der Waals surface area contributed by atoms with E-state index in [9.17, 15) is 4.79 Å². The summed E-state index contributed by atoms with van der Waals surface area (Å²) in [5.74, 6) is -0.221. The summed E-state index contributed by atoms with van der Waals surface area (Å²) in [6.07, 6.45) is 0.845. The topological polar surface area (TPSA) is 58.4 Å². The van der Waals surface area contributed by atoms with E-state index in [4.69, 9.17) is 5.73 Å². The number of carbonyl (C=O) groups excluding carboxylic acids is 1. The summed E-state index contributed by atoms with van der Waals surface area (Å²) in [5.41, 5.74) is 7.93. The first-order valence-electron chi connectivity index (χ1n) is 7.34. The van der Waals surface area contributed by atoms with Gasteiger partial charge >= 0.3 is 0 Å². The number of nitrogens with one attached hydrogen (secondary N) is 1. The van der Waals surface area contributed by atoms with Crippen LogP contribution >= 0.6 is 15.9 Å². The van der Waals surface area contributed by atoms with Crippen LogP contribution < -0.4 is 16.0 Å². The van der Waals surface area contributed by atoms with Gasteiger partial charge in [-0.1, -0.05) is 15.9 Å². The van der Waals surface area contributed by atoms with Gasteiger partial charge in [-0.3, -0.25) is 4.79 Å². The number of hydrogen-bond acceptors (Lipinski definition) is 3. The van der Waals surface area contributed by atoms with Crippen LogP contribution in [0.1, 0.15) is 32.8 Å². The summed E-state index contributed by atoms with van der Waals surface area (Å²) >= 11 is 3.54. The monoisotopic (exact) mass is 353 g/mol. The van der Waals surface area contributed by atoms with Crippen LogP contribution in [0, 0.1) is 5.92 Å². The van der Waals surface area contributed by atoms with Crippen LogP contribution in [0.2, 0.25) is 0 Å². The first-order valence-corrected chi connectivity index (χ1v) is 8.13. The Morgan fingerprint density at radius 1 is 1.48 bits per heavy atom. The normalized spacial score (nSPS) is 19.0. The number of nitrogens with zero attached hydrogens (tertiary/aromatic N) is 1. The molecular weight excluding hydrogens is 330 g/mol. The SMILES string of the molecule is CC(C)(C)NCc1cc(Br)ccc1N1CCC(C(N)=O)C1. The molecule has 0 aromatic heterocycles. The molecule has 1 atom stereocenters. The average Bonchev–Trinajstić information content (AvgIpc) is 2.85. The molecule has 21 heavy (non-hydrogen) atoms. The molecule has 0 spiro atoms. The standard InChI is InChI=1S/C16H24BrN3O/c1-16(2,3)19-9-12-8-13(17)4-5-14(12)20-7-6-11(10-20)15(18)21/h4-5,8,11,19H,6-7,9-10H2,1-3H3,(H2,18,21). The fourth-order valence-corrected chi connectivity index (χ4v) is 2.98. The van der Waals surface area contributed by atoms with Crippen molar-refractivity contribution in [1.82, 2.24) is 5.32 Å². The Kier molecular flexibility index (Phi) is 4.94. The molecule has 2 rings (SSSR count). The first-order chi connectivity index (χ1) is 9.76. The van der Waals surface area contributed by atoms with E-state index in [0.717, 1.165) is 30.5 Å². The second-order valence-corrected chi connectivity index (χ2v) is 7.63. The van der Waals surface area contributed by atoms with Crippen LogP contribution in [0.25, 0.3) is 0 Å². The zero-order chi connectivity index (χ0) is 15.6. The van der Waals surface area contributed by atoms with E-state index in [1.807, 2.05) is 6.07 Å². The van der Waals surface area contributed by atoms with Crippen LogP contribution in [0.4, 0.5) is 5.69 Å². The van der Waals surface area contributed by atoms with Crippen LogP contribution in [0.15, 0.2) is 22.7 Å². The molecule has 1 fully saturated rings. The third kappa shape index (κ3) is 4.45. The molecule has 1 aliphatic rings. The molecule has 1 aliphatic heterocycles. The smallest absolute Gasteiger partial charge is 0.222 e. The van der Waals surface area contributed by atoms with E-state index in [1.54, 1.807) is 0 Å². The minimum absolute atomic E-state index is 0.0305. The van der Waals surface area contributed by atoms with Gasteiger partial charge in [0.05, 0.1) is 5.92 Å². The van der Waals surface area contributed by atoms with Crippen molar-refractivity contribution in [2.24, 2.45) is 11.7 Å². The van der Waals surface area contributed by atoms with Crippen LogP contribution in [0.3, 0.4) is 0 Å². The van der Waals surface area contributed by atoms with E-state index in [0.29, 0.717) is 0 Å². The van der Waals surface area contributed by atoms with Crippen molar-refractivity contribution in [1.29, 1.82) is 0 Å². The number of hydrogen-bond donors (Lipinski definition) is 2. The molecule has 1 amide bonds. The van der Waals surface area contributed by atoms with Crippen molar-refractivity contribution >= 4 is 27.5 Å². The summed E-state index contributed by atoms with van der Waals surface area (Å²) in [6, 6.07) is 6.31. The molecule has 1 saturated heterocycles. The summed E-state index contributed by atoms with van der Waals surface area (Å²) < 4.78 is 1.07. The second kappa shape index (κ2) is 6.36. The molecule has 0 radical (unpaired) electrons. The lowest BCUT2D eigenvalue weighted by Crippen LogP contribution is -2.35. The Morgan fingerprint density at radius 2 is 2.19 bits per heavy atom. The largest absolute Gasteiger partial charge is 0.370 e. The molecule has 0 bridgehead atoms. The molecule has 1 unspecified atom stereocenters. The average molecular weight is 354 g/mol. The van der Waals surface area contributed by atoms with Gasteiger partial charge in [0.15, 0.2) is 0 Å². The fraction of sp³-hybridized carbons (Fsp3) is 0.562. The zero-order valence-electron chi connectivity index (χ0n) is 12.9. The van der Waals surface area contributed by atoms with Gasteiger partial charge < -0.3 is 16.0 Å². The maximum Gasteiger partial charge on any atom is 0.222 e. The molecule has 1 aromatic rings. The van der Waals surface area contributed by atoms with Crippen molar-refractivity contribution in [2.75, 3.05) is 18.0 Å². The predicted molar refractivity (Wildman–Crippen MR) is 90.2 cm³/mol. The number of anilines is 1. The van der Waals surface area contributed by atoms with Gasteiger partial charge in [-0.15, -0.1) is 0 Å². The third-order valence-electron chi connectivity index (χ3n) is 3.78. The van der Waals surface area contributed by atoms with Gasteiger partial charge in [-0.25, -0.2) is 0 Å². The number of carbonyl (C=O) groups is 1. The van der Waals surface area contributed by atoms with Crippen LogP contribution in [0.5, 0.6) is 0 Å². The Balaban J connectivity index is 2.17. The van der Waals surface area contributed by atoms with E-state index < -0.39 is 0 Å². The van der Waals surface area contributed by atoms with Gasteiger partial charge in [0, 0.05) is 35.3 Å². The Labute approximate surface area is 135 Å². The van der Waals surface area contributed by atoms with Crippen molar-refractivity contribution in [2.45, 2.75) is 39.3 Å². The number of rotatable bonds is 4. The first kappa shape index (κ1) is 16.3. The van der Waals surface area contributed by atoms with Crippen LogP contribution in [-0.2, 0) is 11.3 Å². The molecule has 0 saturated carbocycles. The predicted octanol–water partition coefficient (Wildman–Crippen LogP) is 2.65. The summed E-state index contributed by atoms with van der Waals surface area (Å²) in [4.78, 5) is 13.6. The molecule has 3 N–H and O–H groups in total. The van der Waals surface area contributed by atoms with E-state index in [1.165, 1.54) is 11.3 Å². The highest BCUT2D eigenvalue weighted by atomic mass is 79.9. The zero-order valence-corrected chi connectivity index (χ0v) is 14.5. The van der Waals surface area contributed by atoms with Gasteiger partial charge in [0.25, 0.3) is 0 Å².